The third-order valence-corrected chi connectivity index (χ3v) is 6.02. The van der Waals surface area contributed by atoms with Crippen LogP contribution in [0.2, 0.25) is 0 Å². The van der Waals surface area contributed by atoms with Crippen molar-refractivity contribution >= 4 is 22.3 Å². The summed E-state index contributed by atoms with van der Waals surface area (Å²) in [4.78, 5) is 18.6. The molecule has 0 aliphatic heterocycles. The normalized spacial score (nSPS) is 16.6. The molecule has 1 aromatic carbocycles. The van der Waals surface area contributed by atoms with Gasteiger partial charge in [-0.25, -0.2) is 4.98 Å². The zero-order valence-corrected chi connectivity index (χ0v) is 15.8. The lowest BCUT2D eigenvalue weighted by atomic mass is 9.93. The van der Waals surface area contributed by atoms with Crippen LogP contribution in [0.5, 0.6) is 5.75 Å². The molecule has 0 saturated heterocycles. The van der Waals surface area contributed by atoms with Crippen LogP contribution in [-0.2, 0) is 24.1 Å². The largest absolute Gasteiger partial charge is 0.494 e. The summed E-state index contributed by atoms with van der Waals surface area (Å²) >= 11 is 1.71. The number of carboxylic acids is 1. The Labute approximate surface area is 156 Å². The van der Waals surface area contributed by atoms with Crippen LogP contribution < -0.4 is 4.74 Å². The number of carboxylic acid groups (broad SMARTS) is 1. The molecule has 1 unspecified atom stereocenters. The van der Waals surface area contributed by atoms with E-state index >= 15 is 0 Å². The van der Waals surface area contributed by atoms with Crippen molar-refractivity contribution in [2.75, 3.05) is 6.61 Å². The number of aromatic nitrogens is 2. The van der Waals surface area contributed by atoms with Crippen LogP contribution in [0.4, 0.5) is 0 Å². The standard InChI is InChI=1S/C20H22N2O3S/c1-3-25-14-7-5-13(6-8-14)19-16(11-18(23)24)22-15-9-4-12(2)10-17(15)26-20(22)21-19/h5-8,12H,3-4,9-11H2,1-2H3,(H,23,24). The number of rotatable bonds is 5. The summed E-state index contributed by atoms with van der Waals surface area (Å²) in [6.45, 7) is 4.84. The van der Waals surface area contributed by atoms with Gasteiger partial charge < -0.3 is 9.84 Å². The fourth-order valence-electron chi connectivity index (χ4n) is 3.70. The molecule has 3 aromatic rings. The van der Waals surface area contributed by atoms with Crippen molar-refractivity contribution in [3.05, 3.63) is 40.5 Å². The first-order valence-electron chi connectivity index (χ1n) is 9.03. The Balaban J connectivity index is 1.83. The summed E-state index contributed by atoms with van der Waals surface area (Å²) in [6.07, 6.45) is 3.17. The highest BCUT2D eigenvalue weighted by Gasteiger charge is 2.26. The van der Waals surface area contributed by atoms with E-state index in [-0.39, 0.29) is 6.42 Å². The van der Waals surface area contributed by atoms with Crippen LogP contribution in [0.3, 0.4) is 0 Å². The van der Waals surface area contributed by atoms with Crippen molar-refractivity contribution in [3.8, 4) is 17.0 Å². The Kier molecular flexibility index (Phi) is 4.44. The minimum absolute atomic E-state index is 0.0254. The number of nitrogens with zero attached hydrogens (tertiary/aromatic N) is 2. The highest BCUT2D eigenvalue weighted by molar-refractivity contribution is 7.17. The Morgan fingerprint density at radius 3 is 2.85 bits per heavy atom. The first-order valence-corrected chi connectivity index (χ1v) is 9.85. The van der Waals surface area contributed by atoms with E-state index in [1.165, 1.54) is 10.6 Å². The van der Waals surface area contributed by atoms with Crippen LogP contribution in [-0.4, -0.2) is 27.1 Å². The quantitative estimate of drug-likeness (QED) is 0.731. The van der Waals surface area contributed by atoms with E-state index in [9.17, 15) is 9.90 Å². The maximum Gasteiger partial charge on any atom is 0.309 e. The van der Waals surface area contributed by atoms with E-state index in [2.05, 4.69) is 11.3 Å². The highest BCUT2D eigenvalue weighted by atomic mass is 32.1. The first-order chi connectivity index (χ1) is 12.6. The smallest absolute Gasteiger partial charge is 0.309 e. The molecule has 1 aliphatic rings. The molecule has 0 spiro atoms. The van der Waals surface area contributed by atoms with Crippen LogP contribution in [0.1, 0.15) is 36.5 Å². The molecule has 1 atom stereocenters. The molecule has 0 saturated carbocycles. The van der Waals surface area contributed by atoms with Crippen molar-refractivity contribution in [2.45, 2.75) is 39.5 Å². The molecule has 136 valence electrons. The van der Waals surface area contributed by atoms with Gasteiger partial charge in [-0.3, -0.25) is 9.20 Å². The molecule has 2 heterocycles. The number of carbonyl (C=O) groups is 1. The number of hydrogen-bond donors (Lipinski definition) is 1. The molecule has 0 amide bonds. The zero-order chi connectivity index (χ0) is 18.3. The number of aryl methyl sites for hydroxylation is 1. The molecule has 1 N–H and O–H groups in total. The highest BCUT2D eigenvalue weighted by Crippen LogP contribution is 2.37. The molecule has 26 heavy (non-hydrogen) atoms. The Bertz CT molecular complexity index is 956. The van der Waals surface area contributed by atoms with E-state index in [0.717, 1.165) is 46.9 Å². The van der Waals surface area contributed by atoms with Crippen LogP contribution in [0, 0.1) is 5.92 Å². The molecule has 2 aromatic heterocycles. The van der Waals surface area contributed by atoms with Crippen molar-refractivity contribution in [2.24, 2.45) is 5.92 Å². The summed E-state index contributed by atoms with van der Waals surface area (Å²) < 4.78 is 7.61. The molecule has 0 bridgehead atoms. The maximum absolute atomic E-state index is 11.5. The van der Waals surface area contributed by atoms with Gasteiger partial charge in [0, 0.05) is 16.1 Å². The molecule has 1 aliphatic carbocycles. The SMILES string of the molecule is CCOc1ccc(-c2nc3sc4c(n3c2CC(=O)O)CCC(C)C4)cc1. The molecule has 4 rings (SSSR count). The monoisotopic (exact) mass is 370 g/mol. The maximum atomic E-state index is 11.5. The van der Waals surface area contributed by atoms with Gasteiger partial charge in [0.05, 0.1) is 24.4 Å². The minimum Gasteiger partial charge on any atom is -0.494 e. The number of benzene rings is 1. The van der Waals surface area contributed by atoms with Gasteiger partial charge in [0.1, 0.15) is 5.75 Å². The van der Waals surface area contributed by atoms with Gasteiger partial charge in [-0.2, -0.15) is 0 Å². The molecular weight excluding hydrogens is 348 g/mol. The minimum atomic E-state index is -0.830. The zero-order valence-electron chi connectivity index (χ0n) is 15.0. The molecular formula is C20H22N2O3S. The summed E-state index contributed by atoms with van der Waals surface area (Å²) in [5.41, 5.74) is 3.73. The molecule has 5 nitrogen and oxygen atoms in total. The molecule has 0 fully saturated rings. The van der Waals surface area contributed by atoms with Crippen molar-refractivity contribution in [1.29, 1.82) is 0 Å². The van der Waals surface area contributed by atoms with E-state index < -0.39 is 5.97 Å². The fraction of sp³-hybridized carbons (Fsp3) is 0.400. The second kappa shape index (κ2) is 6.76. The van der Waals surface area contributed by atoms with Crippen molar-refractivity contribution in [3.63, 3.8) is 0 Å². The predicted octanol–water partition coefficient (Wildman–Crippen LogP) is 4.21. The number of aliphatic carboxylic acids is 1. The Hall–Kier alpha value is -2.34. The topological polar surface area (TPSA) is 63.8 Å². The van der Waals surface area contributed by atoms with Gasteiger partial charge in [-0.15, -0.1) is 11.3 Å². The first kappa shape index (κ1) is 17.1. The summed E-state index contributed by atoms with van der Waals surface area (Å²) in [5, 5.41) is 9.46. The van der Waals surface area contributed by atoms with Crippen LogP contribution in [0.25, 0.3) is 16.2 Å². The van der Waals surface area contributed by atoms with Gasteiger partial charge in [0.25, 0.3) is 0 Å². The van der Waals surface area contributed by atoms with Gasteiger partial charge in [0.2, 0.25) is 0 Å². The van der Waals surface area contributed by atoms with Crippen LogP contribution in [0.15, 0.2) is 24.3 Å². The third-order valence-electron chi connectivity index (χ3n) is 4.91. The van der Waals surface area contributed by atoms with Gasteiger partial charge in [-0.1, -0.05) is 6.92 Å². The predicted molar refractivity (Wildman–Crippen MR) is 102 cm³/mol. The van der Waals surface area contributed by atoms with E-state index in [0.29, 0.717) is 12.5 Å². The average Bonchev–Trinajstić information content (AvgIpc) is 3.11. The number of ether oxygens (including phenoxy) is 1. The summed E-state index contributed by atoms with van der Waals surface area (Å²) in [7, 11) is 0. The number of hydrogen-bond acceptors (Lipinski definition) is 4. The van der Waals surface area contributed by atoms with E-state index in [1.807, 2.05) is 31.2 Å². The Morgan fingerprint density at radius 1 is 1.38 bits per heavy atom. The van der Waals surface area contributed by atoms with E-state index in [1.54, 1.807) is 11.3 Å². The van der Waals surface area contributed by atoms with Crippen molar-refractivity contribution < 1.29 is 14.6 Å². The summed E-state index contributed by atoms with van der Waals surface area (Å²) in [6, 6.07) is 7.73. The summed E-state index contributed by atoms with van der Waals surface area (Å²) in [5.74, 6) is 0.658. The second-order valence-electron chi connectivity index (χ2n) is 6.87. The molecule has 0 radical (unpaired) electrons. The van der Waals surface area contributed by atoms with Gasteiger partial charge >= 0.3 is 5.97 Å². The second-order valence-corrected chi connectivity index (χ2v) is 7.93. The van der Waals surface area contributed by atoms with Crippen LogP contribution >= 0.6 is 11.3 Å². The average molecular weight is 370 g/mol. The van der Waals surface area contributed by atoms with Crippen molar-refractivity contribution in [1.82, 2.24) is 9.38 Å². The van der Waals surface area contributed by atoms with Gasteiger partial charge in [0.15, 0.2) is 4.96 Å². The number of thiazole rings is 1. The lowest BCUT2D eigenvalue weighted by Gasteiger charge is -2.18. The lowest BCUT2D eigenvalue weighted by Crippen LogP contribution is -2.13. The van der Waals surface area contributed by atoms with Gasteiger partial charge in [-0.05, 0) is 56.4 Å². The third kappa shape index (κ3) is 2.98. The lowest BCUT2D eigenvalue weighted by molar-refractivity contribution is -0.136. The number of imidazole rings is 1. The Morgan fingerprint density at radius 2 is 2.15 bits per heavy atom. The number of fused-ring (bicyclic) bond motifs is 3. The molecule has 6 heteroatoms. The van der Waals surface area contributed by atoms with E-state index in [4.69, 9.17) is 9.72 Å². The fourth-order valence-corrected chi connectivity index (χ4v) is 5.05.